The van der Waals surface area contributed by atoms with Gasteiger partial charge in [0, 0.05) is 25.9 Å². The van der Waals surface area contributed by atoms with Crippen molar-refractivity contribution in [2.75, 3.05) is 6.54 Å². The second-order valence-electron chi connectivity index (χ2n) is 8.67. The lowest BCUT2D eigenvalue weighted by Gasteiger charge is -2.13. The average Bonchev–Trinajstić information content (AvgIpc) is 3.42. The minimum atomic E-state index is -0.0120. The number of aromatic nitrogens is 4. The summed E-state index contributed by atoms with van der Waals surface area (Å²) in [5, 5.41) is 13.7. The van der Waals surface area contributed by atoms with Crippen LogP contribution in [0.2, 0.25) is 0 Å². The number of benzene rings is 1. The molecule has 3 heterocycles. The van der Waals surface area contributed by atoms with Crippen LogP contribution in [-0.4, -0.2) is 31.6 Å². The molecular formula is C24H29N5O2S. The Hall–Kier alpha value is -3.00. The molecular weight excluding hydrogens is 422 g/mol. The van der Waals surface area contributed by atoms with Crippen LogP contribution in [0, 0.1) is 5.92 Å². The van der Waals surface area contributed by atoms with Crippen molar-refractivity contribution in [3.05, 3.63) is 63.5 Å². The third-order valence-electron chi connectivity index (χ3n) is 5.61. The van der Waals surface area contributed by atoms with E-state index in [-0.39, 0.29) is 17.4 Å². The molecule has 1 N–H and O–H groups in total. The summed E-state index contributed by atoms with van der Waals surface area (Å²) in [5.41, 5.74) is 2.05. The lowest BCUT2D eigenvalue weighted by atomic mass is 10.0. The second-order valence-corrected chi connectivity index (χ2v) is 9.58. The van der Waals surface area contributed by atoms with Crippen LogP contribution in [0.15, 0.2) is 46.6 Å². The predicted octanol–water partition coefficient (Wildman–Crippen LogP) is 4.00. The minimum Gasteiger partial charge on any atom is -0.356 e. The zero-order valence-corrected chi connectivity index (χ0v) is 19.6. The summed E-state index contributed by atoms with van der Waals surface area (Å²) in [7, 11) is 0. The molecule has 0 saturated carbocycles. The zero-order chi connectivity index (χ0) is 22.7. The smallest absolute Gasteiger partial charge is 0.272 e. The number of aryl methyl sites for hydroxylation is 1. The lowest BCUT2D eigenvalue weighted by Crippen LogP contribution is -2.27. The van der Waals surface area contributed by atoms with Crippen molar-refractivity contribution < 1.29 is 4.79 Å². The van der Waals surface area contributed by atoms with E-state index in [9.17, 15) is 9.59 Å². The maximum atomic E-state index is 12.9. The van der Waals surface area contributed by atoms with E-state index in [0.717, 1.165) is 11.3 Å². The van der Waals surface area contributed by atoms with Gasteiger partial charge in [0.25, 0.3) is 5.56 Å². The fraction of sp³-hybridized carbons (Fsp3) is 0.417. The van der Waals surface area contributed by atoms with Gasteiger partial charge in [-0.15, -0.1) is 21.5 Å². The Morgan fingerprint density at radius 1 is 1.12 bits per heavy atom. The van der Waals surface area contributed by atoms with E-state index in [0.29, 0.717) is 48.7 Å². The Morgan fingerprint density at radius 2 is 1.91 bits per heavy atom. The number of carbonyl (C=O) groups is 1. The van der Waals surface area contributed by atoms with Crippen molar-refractivity contribution in [1.82, 2.24) is 24.5 Å². The Balaban J connectivity index is 1.43. The molecule has 32 heavy (non-hydrogen) atoms. The first-order valence-corrected chi connectivity index (χ1v) is 12.0. The summed E-state index contributed by atoms with van der Waals surface area (Å²) in [6.07, 6.45) is 1.71. The molecule has 0 fully saturated rings. The number of hydrogen-bond donors (Lipinski definition) is 1. The molecule has 8 heteroatoms. The molecule has 1 atom stereocenters. The van der Waals surface area contributed by atoms with Crippen LogP contribution in [0.4, 0.5) is 0 Å². The summed E-state index contributed by atoms with van der Waals surface area (Å²) in [6, 6.07) is 12.1. The first-order chi connectivity index (χ1) is 15.5. The normalized spacial score (nSPS) is 12.6. The van der Waals surface area contributed by atoms with Crippen molar-refractivity contribution >= 4 is 33.2 Å². The summed E-state index contributed by atoms with van der Waals surface area (Å²) >= 11 is 1.44. The zero-order valence-electron chi connectivity index (χ0n) is 18.7. The maximum absolute atomic E-state index is 12.9. The van der Waals surface area contributed by atoms with Gasteiger partial charge < -0.3 is 5.32 Å². The molecule has 168 valence electrons. The predicted molar refractivity (Wildman–Crippen MR) is 128 cm³/mol. The molecule has 4 rings (SSSR count). The number of nitrogens with zero attached hydrogens (tertiary/aromatic N) is 4. The van der Waals surface area contributed by atoms with Crippen LogP contribution >= 0.6 is 11.3 Å². The molecule has 0 bridgehead atoms. The molecule has 7 nitrogen and oxygen atoms in total. The van der Waals surface area contributed by atoms with Gasteiger partial charge >= 0.3 is 0 Å². The van der Waals surface area contributed by atoms with Gasteiger partial charge in [-0.2, -0.15) is 0 Å². The van der Waals surface area contributed by atoms with Crippen LogP contribution < -0.4 is 10.9 Å². The van der Waals surface area contributed by atoms with Gasteiger partial charge in [0.05, 0.1) is 5.52 Å². The topological polar surface area (TPSA) is 81.3 Å². The van der Waals surface area contributed by atoms with Crippen LogP contribution in [-0.2, 0) is 17.8 Å². The molecule has 0 aliphatic rings. The number of fused-ring (bicyclic) bond motifs is 3. The van der Waals surface area contributed by atoms with Gasteiger partial charge in [0.15, 0.2) is 0 Å². The largest absolute Gasteiger partial charge is 0.356 e. The van der Waals surface area contributed by atoms with Gasteiger partial charge in [-0.05, 0) is 35.3 Å². The average molecular weight is 452 g/mol. The van der Waals surface area contributed by atoms with Crippen LogP contribution in [0.3, 0.4) is 0 Å². The standard InChI is InChI=1S/C24H29N5O2S/c1-16(2)15-28-23(31)22-19(12-13-32-22)29-20(26-27-24(28)29)10-7-11-21(30)25-14-17(3)18-8-5-4-6-9-18/h4-6,8-9,12-13,16-17H,7,10-11,14-15H2,1-3H3,(H,25,30)/t17-/m0/s1. The highest BCUT2D eigenvalue weighted by Crippen LogP contribution is 2.21. The first-order valence-electron chi connectivity index (χ1n) is 11.1. The van der Waals surface area contributed by atoms with Crippen molar-refractivity contribution in [2.24, 2.45) is 5.92 Å². The molecule has 0 radical (unpaired) electrons. The van der Waals surface area contributed by atoms with E-state index < -0.39 is 0 Å². The highest BCUT2D eigenvalue weighted by molar-refractivity contribution is 7.17. The van der Waals surface area contributed by atoms with Crippen LogP contribution in [0.1, 0.15) is 50.9 Å². The Bertz CT molecular complexity index is 1270. The van der Waals surface area contributed by atoms with E-state index in [4.69, 9.17) is 0 Å². The number of hydrogen-bond acceptors (Lipinski definition) is 5. The number of carbonyl (C=O) groups excluding carboxylic acids is 1. The quantitative estimate of drug-likeness (QED) is 0.417. The third kappa shape index (κ3) is 4.60. The molecule has 3 aromatic heterocycles. The second kappa shape index (κ2) is 9.65. The molecule has 4 aromatic rings. The van der Waals surface area contributed by atoms with E-state index in [1.165, 1.54) is 16.9 Å². The number of amides is 1. The fourth-order valence-electron chi connectivity index (χ4n) is 3.93. The number of thiophene rings is 1. The summed E-state index contributed by atoms with van der Waals surface area (Å²) in [5.74, 6) is 1.98. The minimum absolute atomic E-state index is 0.0120. The van der Waals surface area contributed by atoms with Crippen molar-refractivity contribution in [3.8, 4) is 0 Å². The van der Waals surface area contributed by atoms with Crippen molar-refractivity contribution in [3.63, 3.8) is 0 Å². The highest BCUT2D eigenvalue weighted by Gasteiger charge is 2.18. The maximum Gasteiger partial charge on any atom is 0.272 e. The number of rotatable bonds is 9. The molecule has 1 amide bonds. The van der Waals surface area contributed by atoms with Gasteiger partial charge in [-0.1, -0.05) is 51.1 Å². The van der Waals surface area contributed by atoms with Crippen LogP contribution in [0.25, 0.3) is 16.0 Å². The summed E-state index contributed by atoms with van der Waals surface area (Å²) < 4.78 is 4.41. The Kier molecular flexibility index (Phi) is 6.69. The Labute approximate surface area is 191 Å². The van der Waals surface area contributed by atoms with E-state index >= 15 is 0 Å². The third-order valence-corrected chi connectivity index (χ3v) is 6.50. The molecule has 0 aliphatic carbocycles. The van der Waals surface area contributed by atoms with E-state index in [1.54, 1.807) is 4.57 Å². The SMILES string of the molecule is CC(C)Cn1c(=O)c2sccc2n2c(CCCC(=O)NC[C@H](C)c3ccccc3)nnc12. The molecule has 0 aliphatic heterocycles. The van der Waals surface area contributed by atoms with Crippen molar-refractivity contribution in [2.45, 2.75) is 52.5 Å². The lowest BCUT2D eigenvalue weighted by molar-refractivity contribution is -0.121. The summed E-state index contributed by atoms with van der Waals surface area (Å²) in [6.45, 7) is 7.48. The number of nitrogens with one attached hydrogen (secondary N) is 1. The van der Waals surface area contributed by atoms with Crippen molar-refractivity contribution in [1.29, 1.82) is 0 Å². The van der Waals surface area contributed by atoms with Gasteiger partial charge in [-0.25, -0.2) is 0 Å². The highest BCUT2D eigenvalue weighted by atomic mass is 32.1. The molecule has 0 saturated heterocycles. The first kappa shape index (κ1) is 22.2. The molecule has 1 aromatic carbocycles. The van der Waals surface area contributed by atoms with Crippen LogP contribution in [0.5, 0.6) is 0 Å². The van der Waals surface area contributed by atoms with Gasteiger partial charge in [0.2, 0.25) is 11.7 Å². The fourth-order valence-corrected chi connectivity index (χ4v) is 4.76. The molecule has 0 unspecified atom stereocenters. The summed E-state index contributed by atoms with van der Waals surface area (Å²) in [4.78, 5) is 25.3. The van der Waals surface area contributed by atoms with E-state index in [1.807, 2.05) is 34.0 Å². The van der Waals surface area contributed by atoms with Gasteiger partial charge in [-0.3, -0.25) is 18.6 Å². The molecule has 0 spiro atoms. The van der Waals surface area contributed by atoms with Gasteiger partial charge in [0.1, 0.15) is 10.5 Å². The monoisotopic (exact) mass is 451 g/mol. The van der Waals surface area contributed by atoms with E-state index in [2.05, 4.69) is 48.4 Å². The Morgan fingerprint density at radius 3 is 2.66 bits per heavy atom.